The van der Waals surface area contributed by atoms with Crippen LogP contribution in [0, 0.1) is 5.92 Å². The van der Waals surface area contributed by atoms with Crippen molar-refractivity contribution in [3.63, 3.8) is 0 Å². The lowest BCUT2D eigenvalue weighted by atomic mass is 10.0. The van der Waals surface area contributed by atoms with Gasteiger partial charge in [-0.25, -0.2) is 0 Å². The summed E-state index contributed by atoms with van der Waals surface area (Å²) < 4.78 is 0. The first-order valence-electron chi connectivity index (χ1n) is 7.44. The van der Waals surface area contributed by atoms with E-state index in [1.807, 2.05) is 12.1 Å². The Balaban J connectivity index is 1.86. The summed E-state index contributed by atoms with van der Waals surface area (Å²) in [6.45, 7) is 9.28. The molecule has 0 amide bonds. The SMILES string of the molecule is CCC(NCC1CCN(CC)C1)c1cccc(Cl)c1. The number of benzene rings is 1. The van der Waals surface area contributed by atoms with Crippen molar-refractivity contribution < 1.29 is 0 Å². The molecule has 1 aromatic rings. The fourth-order valence-electron chi connectivity index (χ4n) is 2.90. The average molecular weight is 281 g/mol. The topological polar surface area (TPSA) is 15.3 Å². The molecule has 1 aliphatic rings. The van der Waals surface area contributed by atoms with Gasteiger partial charge in [-0.15, -0.1) is 0 Å². The predicted octanol–water partition coefficient (Wildman–Crippen LogP) is 3.72. The summed E-state index contributed by atoms with van der Waals surface area (Å²) in [4.78, 5) is 2.53. The summed E-state index contributed by atoms with van der Waals surface area (Å²) in [6.07, 6.45) is 2.43. The summed E-state index contributed by atoms with van der Waals surface area (Å²) in [5, 5.41) is 4.54. The molecule has 19 heavy (non-hydrogen) atoms. The molecule has 0 saturated carbocycles. The van der Waals surface area contributed by atoms with E-state index in [4.69, 9.17) is 11.6 Å². The fourth-order valence-corrected chi connectivity index (χ4v) is 3.10. The van der Waals surface area contributed by atoms with Gasteiger partial charge in [-0.1, -0.05) is 37.6 Å². The first kappa shape index (κ1) is 14.8. The Morgan fingerprint density at radius 3 is 2.89 bits per heavy atom. The van der Waals surface area contributed by atoms with E-state index in [-0.39, 0.29) is 0 Å². The van der Waals surface area contributed by atoms with E-state index < -0.39 is 0 Å². The monoisotopic (exact) mass is 280 g/mol. The Hall–Kier alpha value is -0.570. The van der Waals surface area contributed by atoms with Gasteiger partial charge in [-0.3, -0.25) is 0 Å². The van der Waals surface area contributed by atoms with Crippen molar-refractivity contribution in [1.82, 2.24) is 10.2 Å². The summed E-state index contributed by atoms with van der Waals surface area (Å²) in [6, 6.07) is 8.65. The van der Waals surface area contributed by atoms with Gasteiger partial charge in [0, 0.05) is 17.6 Å². The molecule has 0 spiro atoms. The molecular weight excluding hydrogens is 256 g/mol. The molecule has 2 unspecified atom stereocenters. The third-order valence-electron chi connectivity index (χ3n) is 4.13. The minimum Gasteiger partial charge on any atom is -0.310 e. The Kier molecular flexibility index (Phi) is 5.68. The zero-order valence-corrected chi connectivity index (χ0v) is 12.8. The van der Waals surface area contributed by atoms with Crippen LogP contribution >= 0.6 is 11.6 Å². The van der Waals surface area contributed by atoms with Crippen molar-refractivity contribution in [2.75, 3.05) is 26.2 Å². The Morgan fingerprint density at radius 1 is 1.42 bits per heavy atom. The van der Waals surface area contributed by atoms with Crippen molar-refractivity contribution in [2.24, 2.45) is 5.92 Å². The molecule has 0 aromatic heterocycles. The smallest absolute Gasteiger partial charge is 0.0409 e. The summed E-state index contributed by atoms with van der Waals surface area (Å²) in [7, 11) is 0. The maximum atomic E-state index is 6.08. The van der Waals surface area contributed by atoms with E-state index in [0.29, 0.717) is 6.04 Å². The third kappa shape index (κ3) is 4.20. The van der Waals surface area contributed by atoms with Gasteiger partial charge in [0.25, 0.3) is 0 Å². The van der Waals surface area contributed by atoms with Crippen LogP contribution < -0.4 is 5.32 Å². The van der Waals surface area contributed by atoms with Gasteiger partial charge in [0.1, 0.15) is 0 Å². The number of hydrogen-bond acceptors (Lipinski definition) is 2. The van der Waals surface area contributed by atoms with Crippen LogP contribution in [0.1, 0.15) is 38.3 Å². The molecule has 2 nitrogen and oxygen atoms in total. The first-order chi connectivity index (χ1) is 9.22. The number of likely N-dealkylation sites (tertiary alicyclic amines) is 1. The number of halogens is 1. The molecule has 1 heterocycles. The number of nitrogens with one attached hydrogen (secondary N) is 1. The maximum Gasteiger partial charge on any atom is 0.0409 e. The van der Waals surface area contributed by atoms with Gasteiger partial charge in [-0.2, -0.15) is 0 Å². The molecule has 0 aliphatic carbocycles. The molecule has 1 aliphatic heterocycles. The second kappa shape index (κ2) is 7.28. The van der Waals surface area contributed by atoms with Crippen LogP contribution in [0.5, 0.6) is 0 Å². The van der Waals surface area contributed by atoms with E-state index in [1.54, 1.807) is 0 Å². The van der Waals surface area contributed by atoms with Crippen molar-refractivity contribution in [1.29, 1.82) is 0 Å². The minimum absolute atomic E-state index is 0.425. The Labute approximate surface area is 122 Å². The molecule has 2 rings (SSSR count). The zero-order valence-electron chi connectivity index (χ0n) is 12.0. The standard InChI is InChI=1S/C16H25ClN2/c1-3-16(14-6-5-7-15(17)10-14)18-11-13-8-9-19(4-2)12-13/h5-7,10,13,16,18H,3-4,8-9,11-12H2,1-2H3. The van der Waals surface area contributed by atoms with Crippen LogP contribution in [0.3, 0.4) is 0 Å². The lowest BCUT2D eigenvalue weighted by Crippen LogP contribution is -2.29. The minimum atomic E-state index is 0.425. The highest BCUT2D eigenvalue weighted by Crippen LogP contribution is 2.22. The molecule has 1 saturated heterocycles. The van der Waals surface area contributed by atoms with Crippen LogP contribution in [0.4, 0.5) is 0 Å². The first-order valence-corrected chi connectivity index (χ1v) is 7.82. The van der Waals surface area contributed by atoms with Crippen molar-refractivity contribution in [2.45, 2.75) is 32.7 Å². The molecule has 3 heteroatoms. The predicted molar refractivity (Wildman–Crippen MR) is 82.7 cm³/mol. The highest BCUT2D eigenvalue weighted by atomic mass is 35.5. The maximum absolute atomic E-state index is 6.08. The molecule has 1 N–H and O–H groups in total. The van der Waals surface area contributed by atoms with E-state index in [9.17, 15) is 0 Å². The summed E-state index contributed by atoms with van der Waals surface area (Å²) >= 11 is 6.08. The second-order valence-corrected chi connectivity index (χ2v) is 5.91. The van der Waals surface area contributed by atoms with Crippen molar-refractivity contribution >= 4 is 11.6 Å². The quantitative estimate of drug-likeness (QED) is 0.854. The zero-order chi connectivity index (χ0) is 13.7. The summed E-state index contributed by atoms with van der Waals surface area (Å²) in [5.41, 5.74) is 1.31. The Bertz CT molecular complexity index is 394. The summed E-state index contributed by atoms with van der Waals surface area (Å²) in [5.74, 6) is 0.799. The van der Waals surface area contributed by atoms with Crippen LogP contribution in [0.2, 0.25) is 5.02 Å². The highest BCUT2D eigenvalue weighted by molar-refractivity contribution is 6.30. The van der Waals surface area contributed by atoms with E-state index >= 15 is 0 Å². The van der Waals surface area contributed by atoms with Crippen LogP contribution in [0.15, 0.2) is 24.3 Å². The van der Waals surface area contributed by atoms with Crippen molar-refractivity contribution in [3.05, 3.63) is 34.9 Å². The van der Waals surface area contributed by atoms with Gasteiger partial charge in [0.05, 0.1) is 0 Å². The second-order valence-electron chi connectivity index (χ2n) is 5.47. The van der Waals surface area contributed by atoms with Gasteiger partial charge in [0.15, 0.2) is 0 Å². The van der Waals surface area contributed by atoms with E-state index in [2.05, 4.69) is 36.2 Å². The van der Waals surface area contributed by atoms with Crippen LogP contribution in [-0.4, -0.2) is 31.1 Å². The number of hydrogen-bond donors (Lipinski definition) is 1. The van der Waals surface area contributed by atoms with Gasteiger partial charge in [0.2, 0.25) is 0 Å². The van der Waals surface area contributed by atoms with Crippen LogP contribution in [-0.2, 0) is 0 Å². The third-order valence-corrected chi connectivity index (χ3v) is 4.36. The van der Waals surface area contributed by atoms with E-state index in [0.717, 1.165) is 23.9 Å². The molecule has 106 valence electrons. The lowest BCUT2D eigenvalue weighted by Gasteiger charge is -2.20. The van der Waals surface area contributed by atoms with Gasteiger partial charge < -0.3 is 10.2 Å². The fraction of sp³-hybridized carbons (Fsp3) is 0.625. The highest BCUT2D eigenvalue weighted by Gasteiger charge is 2.21. The molecule has 1 fully saturated rings. The molecular formula is C16H25ClN2. The van der Waals surface area contributed by atoms with Crippen LogP contribution in [0.25, 0.3) is 0 Å². The molecule has 1 aromatic carbocycles. The van der Waals surface area contributed by atoms with E-state index in [1.165, 1.54) is 31.6 Å². The van der Waals surface area contributed by atoms with Gasteiger partial charge >= 0.3 is 0 Å². The molecule has 2 atom stereocenters. The average Bonchev–Trinajstić information content (AvgIpc) is 2.87. The van der Waals surface area contributed by atoms with Gasteiger partial charge in [-0.05, 0) is 56.1 Å². The molecule has 0 bridgehead atoms. The normalized spacial score (nSPS) is 21.7. The van der Waals surface area contributed by atoms with Crippen molar-refractivity contribution in [3.8, 4) is 0 Å². The lowest BCUT2D eigenvalue weighted by molar-refractivity contribution is 0.334. The largest absolute Gasteiger partial charge is 0.310 e. The number of nitrogens with zero attached hydrogens (tertiary/aromatic N) is 1. The molecule has 0 radical (unpaired) electrons. The Morgan fingerprint density at radius 2 is 2.26 bits per heavy atom. The number of rotatable bonds is 6.